The lowest BCUT2D eigenvalue weighted by molar-refractivity contribution is 0.387. The van der Waals surface area contributed by atoms with Crippen LogP contribution in [0.25, 0.3) is 0 Å². The average Bonchev–Trinajstić information content (AvgIpc) is 2.41. The van der Waals surface area contributed by atoms with Gasteiger partial charge in [-0.2, -0.15) is 0 Å². The van der Waals surface area contributed by atoms with Gasteiger partial charge in [-0.05, 0) is 23.8 Å². The number of benzene rings is 1. The second-order valence-electron chi connectivity index (χ2n) is 3.89. The summed E-state index contributed by atoms with van der Waals surface area (Å²) >= 11 is 0. The van der Waals surface area contributed by atoms with Crippen molar-refractivity contribution in [3.05, 3.63) is 47.8 Å². The number of aromatic nitrogens is 1. The molecule has 1 heterocycles. The Morgan fingerprint density at radius 3 is 2.33 bits per heavy atom. The molecule has 0 bridgehead atoms. The molecule has 2 aromatic rings. The van der Waals surface area contributed by atoms with Crippen LogP contribution in [-0.2, 0) is 6.42 Å². The first-order valence-electron chi connectivity index (χ1n) is 5.64. The molecule has 0 atom stereocenters. The summed E-state index contributed by atoms with van der Waals surface area (Å²) in [7, 11) is 3.29. The molecule has 18 heavy (non-hydrogen) atoms. The number of anilines is 1. The second-order valence-corrected chi connectivity index (χ2v) is 3.89. The fraction of sp³-hybridized carbons (Fsp3) is 0.214. The number of ether oxygens (including phenoxy) is 2. The zero-order chi connectivity index (χ0) is 13.0. The third-order valence-corrected chi connectivity index (χ3v) is 2.84. The summed E-state index contributed by atoms with van der Waals surface area (Å²) in [6.07, 6.45) is 4.08. The minimum atomic E-state index is 0.632. The third-order valence-electron chi connectivity index (χ3n) is 2.84. The summed E-state index contributed by atoms with van der Waals surface area (Å²) in [4.78, 5) is 4.09. The van der Waals surface area contributed by atoms with Gasteiger partial charge in [-0.3, -0.25) is 4.98 Å². The fourth-order valence-electron chi connectivity index (χ4n) is 1.88. The van der Waals surface area contributed by atoms with E-state index in [1.54, 1.807) is 32.7 Å². The van der Waals surface area contributed by atoms with Crippen LogP contribution in [-0.4, -0.2) is 19.2 Å². The van der Waals surface area contributed by atoms with E-state index in [2.05, 4.69) is 4.98 Å². The van der Waals surface area contributed by atoms with E-state index in [0.717, 1.165) is 28.3 Å². The van der Waals surface area contributed by atoms with Crippen LogP contribution in [0.3, 0.4) is 0 Å². The molecule has 0 saturated carbocycles. The van der Waals surface area contributed by atoms with Crippen molar-refractivity contribution >= 4 is 5.69 Å². The van der Waals surface area contributed by atoms with Crippen molar-refractivity contribution in [1.29, 1.82) is 0 Å². The highest BCUT2D eigenvalue weighted by Crippen LogP contribution is 2.31. The Labute approximate surface area is 106 Å². The van der Waals surface area contributed by atoms with Crippen LogP contribution in [0.4, 0.5) is 5.69 Å². The Morgan fingerprint density at radius 1 is 1.11 bits per heavy atom. The molecule has 0 aliphatic carbocycles. The summed E-state index contributed by atoms with van der Waals surface area (Å²) in [5.41, 5.74) is 8.58. The summed E-state index contributed by atoms with van der Waals surface area (Å²) in [6, 6.07) is 7.50. The van der Waals surface area contributed by atoms with Crippen LogP contribution >= 0.6 is 0 Å². The van der Waals surface area contributed by atoms with Crippen molar-refractivity contribution in [1.82, 2.24) is 4.98 Å². The largest absolute Gasteiger partial charge is 0.496 e. The number of nitrogen functional groups attached to an aromatic ring is 1. The maximum absolute atomic E-state index is 5.93. The molecule has 0 radical (unpaired) electrons. The van der Waals surface area contributed by atoms with Gasteiger partial charge in [0.15, 0.2) is 0 Å². The Balaban J connectivity index is 2.42. The number of nitrogens with two attached hydrogens (primary N) is 1. The highest BCUT2D eigenvalue weighted by Gasteiger charge is 2.11. The molecular weight excluding hydrogens is 228 g/mol. The first-order valence-corrected chi connectivity index (χ1v) is 5.64. The highest BCUT2D eigenvalue weighted by molar-refractivity contribution is 5.52. The zero-order valence-electron chi connectivity index (χ0n) is 10.5. The van der Waals surface area contributed by atoms with Crippen LogP contribution in [0.1, 0.15) is 11.1 Å². The van der Waals surface area contributed by atoms with E-state index >= 15 is 0 Å². The molecule has 0 amide bonds. The zero-order valence-corrected chi connectivity index (χ0v) is 10.5. The van der Waals surface area contributed by atoms with Crippen molar-refractivity contribution in [2.45, 2.75) is 6.42 Å². The van der Waals surface area contributed by atoms with Gasteiger partial charge in [-0.15, -0.1) is 0 Å². The van der Waals surface area contributed by atoms with E-state index in [9.17, 15) is 0 Å². The van der Waals surface area contributed by atoms with Crippen molar-refractivity contribution in [2.24, 2.45) is 0 Å². The van der Waals surface area contributed by atoms with Gasteiger partial charge in [0, 0.05) is 30.1 Å². The number of hydrogen-bond donors (Lipinski definition) is 1. The molecule has 0 unspecified atom stereocenters. The van der Waals surface area contributed by atoms with Crippen molar-refractivity contribution in [3.63, 3.8) is 0 Å². The van der Waals surface area contributed by atoms with Gasteiger partial charge >= 0.3 is 0 Å². The van der Waals surface area contributed by atoms with E-state index in [4.69, 9.17) is 15.2 Å². The molecule has 2 rings (SSSR count). The van der Waals surface area contributed by atoms with Crippen molar-refractivity contribution in [2.75, 3.05) is 20.0 Å². The fourth-order valence-corrected chi connectivity index (χ4v) is 1.88. The van der Waals surface area contributed by atoms with Crippen molar-refractivity contribution in [3.8, 4) is 11.5 Å². The average molecular weight is 244 g/mol. The molecule has 1 aromatic heterocycles. The SMILES string of the molecule is COc1cccc(OC)c1Cc1cnccc1N. The van der Waals surface area contributed by atoms with E-state index in [0.29, 0.717) is 6.42 Å². The maximum atomic E-state index is 5.93. The predicted molar refractivity (Wildman–Crippen MR) is 71.0 cm³/mol. The van der Waals surface area contributed by atoms with Crippen LogP contribution < -0.4 is 15.2 Å². The van der Waals surface area contributed by atoms with Gasteiger partial charge < -0.3 is 15.2 Å². The molecule has 2 N–H and O–H groups in total. The first kappa shape index (κ1) is 12.2. The number of rotatable bonds is 4. The minimum Gasteiger partial charge on any atom is -0.496 e. The Bertz CT molecular complexity index is 519. The number of nitrogens with zero attached hydrogens (tertiary/aromatic N) is 1. The normalized spacial score (nSPS) is 10.1. The van der Waals surface area contributed by atoms with Crippen LogP contribution in [0, 0.1) is 0 Å². The number of methoxy groups -OCH3 is 2. The van der Waals surface area contributed by atoms with Gasteiger partial charge in [0.2, 0.25) is 0 Å². The predicted octanol–water partition coefficient (Wildman–Crippen LogP) is 2.27. The van der Waals surface area contributed by atoms with Gasteiger partial charge in [-0.25, -0.2) is 0 Å². The van der Waals surface area contributed by atoms with Gasteiger partial charge in [0.1, 0.15) is 11.5 Å². The highest BCUT2D eigenvalue weighted by atomic mass is 16.5. The quantitative estimate of drug-likeness (QED) is 0.896. The standard InChI is InChI=1S/C14H16N2O2/c1-17-13-4-3-5-14(18-2)11(13)8-10-9-16-7-6-12(10)15/h3-7,9H,8H2,1-2H3,(H2,15,16). The van der Waals surface area contributed by atoms with E-state index in [-0.39, 0.29) is 0 Å². The van der Waals surface area contributed by atoms with Gasteiger partial charge in [0.05, 0.1) is 14.2 Å². The molecule has 94 valence electrons. The molecule has 0 saturated heterocycles. The minimum absolute atomic E-state index is 0.632. The lowest BCUT2D eigenvalue weighted by atomic mass is 10.0. The summed E-state index contributed by atoms with van der Waals surface area (Å²) in [5, 5.41) is 0. The van der Waals surface area contributed by atoms with Gasteiger partial charge in [-0.1, -0.05) is 6.07 Å². The number of hydrogen-bond acceptors (Lipinski definition) is 4. The van der Waals surface area contributed by atoms with Crippen LogP contribution in [0.2, 0.25) is 0 Å². The summed E-state index contributed by atoms with van der Waals surface area (Å²) in [5.74, 6) is 1.58. The molecule has 4 nitrogen and oxygen atoms in total. The maximum Gasteiger partial charge on any atom is 0.126 e. The molecule has 0 aliphatic rings. The lowest BCUT2D eigenvalue weighted by Gasteiger charge is -2.13. The summed E-state index contributed by atoms with van der Waals surface area (Å²) in [6.45, 7) is 0. The lowest BCUT2D eigenvalue weighted by Crippen LogP contribution is -2.01. The summed E-state index contributed by atoms with van der Waals surface area (Å²) < 4.78 is 10.7. The topological polar surface area (TPSA) is 57.4 Å². The monoisotopic (exact) mass is 244 g/mol. The molecule has 0 spiro atoms. The molecular formula is C14H16N2O2. The Hall–Kier alpha value is -2.23. The van der Waals surface area contributed by atoms with E-state index in [1.165, 1.54) is 0 Å². The molecule has 0 aliphatic heterocycles. The third kappa shape index (κ3) is 2.37. The van der Waals surface area contributed by atoms with Gasteiger partial charge in [0.25, 0.3) is 0 Å². The van der Waals surface area contributed by atoms with Crippen LogP contribution in [0.5, 0.6) is 11.5 Å². The van der Waals surface area contributed by atoms with E-state index in [1.807, 2.05) is 18.2 Å². The number of pyridine rings is 1. The Kier molecular flexibility index (Phi) is 3.67. The van der Waals surface area contributed by atoms with Crippen molar-refractivity contribution < 1.29 is 9.47 Å². The smallest absolute Gasteiger partial charge is 0.126 e. The second kappa shape index (κ2) is 5.40. The Morgan fingerprint density at radius 2 is 1.78 bits per heavy atom. The first-order chi connectivity index (χ1) is 8.76. The molecule has 1 aromatic carbocycles. The molecule has 0 fully saturated rings. The van der Waals surface area contributed by atoms with Crippen LogP contribution in [0.15, 0.2) is 36.7 Å². The molecule has 4 heteroatoms. The van der Waals surface area contributed by atoms with E-state index < -0.39 is 0 Å².